The Kier molecular flexibility index (Phi) is 4.37. The molecule has 2 aromatic rings. The molecule has 100 valence electrons. The van der Waals surface area contributed by atoms with E-state index in [1.807, 2.05) is 24.3 Å². The molecule has 0 spiro atoms. The fourth-order valence-electron chi connectivity index (χ4n) is 1.79. The number of hydrogen-bond donors (Lipinski definition) is 1. The number of aryl methyl sites for hydroxylation is 3. The third kappa shape index (κ3) is 3.44. The summed E-state index contributed by atoms with van der Waals surface area (Å²) in [4.78, 5) is 16.1. The monoisotopic (exact) mass is 322 g/mol. The van der Waals surface area contributed by atoms with Gasteiger partial charge in [0.15, 0.2) is 5.89 Å². The average molecular weight is 323 g/mol. The third-order valence-electron chi connectivity index (χ3n) is 2.70. The van der Waals surface area contributed by atoms with E-state index in [1.165, 1.54) is 5.56 Å². The van der Waals surface area contributed by atoms with E-state index in [9.17, 15) is 4.79 Å². The van der Waals surface area contributed by atoms with Gasteiger partial charge in [-0.2, -0.15) is 0 Å². The summed E-state index contributed by atoms with van der Waals surface area (Å²) in [7, 11) is 0. The van der Waals surface area contributed by atoms with Crippen molar-refractivity contribution in [2.24, 2.45) is 0 Å². The number of aromatic nitrogens is 1. The lowest BCUT2D eigenvalue weighted by atomic mass is 10.1. The molecule has 0 saturated heterocycles. The van der Waals surface area contributed by atoms with Gasteiger partial charge in [-0.05, 0) is 31.0 Å². The Bertz CT molecular complexity index is 576. The maximum atomic E-state index is 12.0. The standard InChI is InChI=1S/C14H15BrN2O2/c1-9-13(19-10(2)16-9)14(18)17-12-5-3-11(4-6-12)7-8-15/h3-6H,7-8H2,1-2H3,(H,17,18). The van der Waals surface area contributed by atoms with Crippen molar-refractivity contribution in [2.75, 3.05) is 10.6 Å². The summed E-state index contributed by atoms with van der Waals surface area (Å²) in [6.07, 6.45) is 0.967. The van der Waals surface area contributed by atoms with E-state index in [2.05, 4.69) is 26.2 Å². The lowest BCUT2D eigenvalue weighted by Gasteiger charge is -2.04. The van der Waals surface area contributed by atoms with Crippen molar-refractivity contribution in [1.82, 2.24) is 4.98 Å². The van der Waals surface area contributed by atoms with Gasteiger partial charge in [-0.3, -0.25) is 4.79 Å². The number of nitrogens with zero attached hydrogens (tertiary/aromatic N) is 1. The summed E-state index contributed by atoms with van der Waals surface area (Å²) >= 11 is 3.40. The summed E-state index contributed by atoms with van der Waals surface area (Å²) < 4.78 is 5.28. The van der Waals surface area contributed by atoms with Crippen molar-refractivity contribution in [3.8, 4) is 0 Å². The van der Waals surface area contributed by atoms with Crippen LogP contribution in [0.15, 0.2) is 28.7 Å². The molecule has 0 bridgehead atoms. The summed E-state index contributed by atoms with van der Waals surface area (Å²) in [6.45, 7) is 3.48. The van der Waals surface area contributed by atoms with Gasteiger partial charge < -0.3 is 9.73 Å². The smallest absolute Gasteiger partial charge is 0.293 e. The molecule has 1 N–H and O–H groups in total. The predicted octanol–water partition coefficient (Wildman–Crippen LogP) is 3.48. The number of anilines is 1. The van der Waals surface area contributed by atoms with E-state index in [-0.39, 0.29) is 11.7 Å². The van der Waals surface area contributed by atoms with Gasteiger partial charge >= 0.3 is 0 Å². The van der Waals surface area contributed by atoms with Crippen LogP contribution in [-0.2, 0) is 6.42 Å². The Hall–Kier alpha value is -1.62. The molecule has 4 nitrogen and oxygen atoms in total. The van der Waals surface area contributed by atoms with E-state index < -0.39 is 0 Å². The maximum Gasteiger partial charge on any atom is 0.293 e. The normalized spacial score (nSPS) is 10.5. The van der Waals surface area contributed by atoms with Gasteiger partial charge in [-0.25, -0.2) is 4.98 Å². The zero-order valence-electron chi connectivity index (χ0n) is 10.9. The molecule has 0 aliphatic heterocycles. The van der Waals surface area contributed by atoms with Crippen LogP contribution in [-0.4, -0.2) is 16.2 Å². The van der Waals surface area contributed by atoms with Crippen LogP contribution in [0.2, 0.25) is 0 Å². The maximum absolute atomic E-state index is 12.0. The summed E-state index contributed by atoms with van der Waals surface area (Å²) in [6, 6.07) is 7.76. The molecule has 1 aromatic carbocycles. The predicted molar refractivity (Wildman–Crippen MR) is 77.9 cm³/mol. The zero-order valence-corrected chi connectivity index (χ0v) is 12.5. The third-order valence-corrected chi connectivity index (χ3v) is 3.10. The van der Waals surface area contributed by atoms with Crippen molar-refractivity contribution in [3.63, 3.8) is 0 Å². The first kappa shape index (κ1) is 13.8. The SMILES string of the molecule is Cc1nc(C)c(C(=O)Nc2ccc(CCBr)cc2)o1. The number of halogens is 1. The highest BCUT2D eigenvalue weighted by atomic mass is 79.9. The number of oxazole rings is 1. The summed E-state index contributed by atoms with van der Waals surface area (Å²) in [5.74, 6) is 0.490. The molecule has 0 radical (unpaired) electrons. The molecular formula is C14H15BrN2O2. The Morgan fingerprint density at radius 1 is 1.32 bits per heavy atom. The second-order valence-corrected chi connectivity index (χ2v) is 5.03. The van der Waals surface area contributed by atoms with Crippen molar-refractivity contribution in [3.05, 3.63) is 47.2 Å². The summed E-state index contributed by atoms with van der Waals surface area (Å²) in [5, 5.41) is 3.72. The molecule has 1 aromatic heterocycles. The highest BCUT2D eigenvalue weighted by molar-refractivity contribution is 9.09. The zero-order chi connectivity index (χ0) is 13.8. The van der Waals surface area contributed by atoms with Crippen LogP contribution in [0.4, 0.5) is 5.69 Å². The van der Waals surface area contributed by atoms with Crippen molar-refractivity contribution in [2.45, 2.75) is 20.3 Å². The second-order valence-electron chi connectivity index (χ2n) is 4.24. The fourth-order valence-corrected chi connectivity index (χ4v) is 2.25. The van der Waals surface area contributed by atoms with Crippen LogP contribution >= 0.6 is 15.9 Å². The van der Waals surface area contributed by atoms with Crippen LogP contribution in [0.3, 0.4) is 0 Å². The number of carbonyl (C=O) groups is 1. The highest BCUT2D eigenvalue weighted by Gasteiger charge is 2.15. The van der Waals surface area contributed by atoms with Gasteiger partial charge in [-0.1, -0.05) is 28.1 Å². The molecule has 1 heterocycles. The van der Waals surface area contributed by atoms with E-state index in [0.717, 1.165) is 17.4 Å². The fraction of sp³-hybridized carbons (Fsp3) is 0.286. The van der Waals surface area contributed by atoms with Crippen LogP contribution in [0, 0.1) is 13.8 Å². The topological polar surface area (TPSA) is 55.1 Å². The number of nitrogens with one attached hydrogen (secondary N) is 1. The van der Waals surface area contributed by atoms with Gasteiger partial charge in [0.1, 0.15) is 0 Å². The van der Waals surface area contributed by atoms with E-state index in [4.69, 9.17) is 4.42 Å². The number of amides is 1. The Morgan fingerprint density at radius 2 is 2.00 bits per heavy atom. The Labute approximate surface area is 120 Å². The first-order valence-electron chi connectivity index (χ1n) is 6.00. The average Bonchev–Trinajstić information content (AvgIpc) is 2.71. The Balaban J connectivity index is 2.08. The van der Waals surface area contributed by atoms with E-state index >= 15 is 0 Å². The first-order valence-corrected chi connectivity index (χ1v) is 7.12. The van der Waals surface area contributed by atoms with E-state index in [1.54, 1.807) is 13.8 Å². The number of carbonyl (C=O) groups excluding carboxylic acids is 1. The van der Waals surface area contributed by atoms with Crippen LogP contribution < -0.4 is 5.32 Å². The lowest BCUT2D eigenvalue weighted by Crippen LogP contribution is -2.12. The van der Waals surface area contributed by atoms with Crippen LogP contribution in [0.1, 0.15) is 27.7 Å². The molecular weight excluding hydrogens is 308 g/mol. The van der Waals surface area contributed by atoms with Crippen molar-refractivity contribution < 1.29 is 9.21 Å². The molecule has 1 amide bonds. The van der Waals surface area contributed by atoms with Gasteiger partial charge in [0.2, 0.25) is 5.76 Å². The molecule has 0 fully saturated rings. The Morgan fingerprint density at radius 3 is 2.53 bits per heavy atom. The van der Waals surface area contributed by atoms with E-state index in [0.29, 0.717) is 11.6 Å². The number of hydrogen-bond acceptors (Lipinski definition) is 3. The summed E-state index contributed by atoms with van der Waals surface area (Å²) in [5.41, 5.74) is 2.57. The van der Waals surface area contributed by atoms with Crippen molar-refractivity contribution >= 4 is 27.5 Å². The lowest BCUT2D eigenvalue weighted by molar-refractivity contribution is 0.0994. The molecule has 19 heavy (non-hydrogen) atoms. The highest BCUT2D eigenvalue weighted by Crippen LogP contribution is 2.15. The first-order chi connectivity index (χ1) is 9.10. The molecule has 2 rings (SSSR count). The van der Waals surface area contributed by atoms with Gasteiger partial charge in [0, 0.05) is 17.9 Å². The number of rotatable bonds is 4. The largest absolute Gasteiger partial charge is 0.436 e. The molecule has 0 saturated carbocycles. The number of alkyl halides is 1. The van der Waals surface area contributed by atoms with Gasteiger partial charge in [0.05, 0.1) is 5.69 Å². The van der Waals surface area contributed by atoms with Gasteiger partial charge in [0.25, 0.3) is 5.91 Å². The molecule has 5 heteroatoms. The minimum atomic E-state index is -0.272. The molecule has 0 unspecified atom stereocenters. The number of benzene rings is 1. The molecule has 0 aliphatic rings. The quantitative estimate of drug-likeness (QED) is 0.877. The second kappa shape index (κ2) is 6.02. The molecule has 0 atom stereocenters. The molecule has 0 aliphatic carbocycles. The minimum Gasteiger partial charge on any atom is -0.436 e. The van der Waals surface area contributed by atoms with Crippen molar-refractivity contribution in [1.29, 1.82) is 0 Å². The van der Waals surface area contributed by atoms with Crippen LogP contribution in [0.5, 0.6) is 0 Å². The van der Waals surface area contributed by atoms with Crippen LogP contribution in [0.25, 0.3) is 0 Å². The minimum absolute atomic E-state index is 0.266. The van der Waals surface area contributed by atoms with Gasteiger partial charge in [-0.15, -0.1) is 0 Å².